The summed E-state index contributed by atoms with van der Waals surface area (Å²) in [6, 6.07) is 0.180. The van der Waals surface area contributed by atoms with Gasteiger partial charge in [0.15, 0.2) is 0 Å². The van der Waals surface area contributed by atoms with Crippen molar-refractivity contribution in [1.82, 2.24) is 4.90 Å². The summed E-state index contributed by atoms with van der Waals surface area (Å²) < 4.78 is 5.54. The Morgan fingerprint density at radius 2 is 2.12 bits per heavy atom. The lowest BCUT2D eigenvalue weighted by Crippen LogP contribution is -2.52. The first-order chi connectivity index (χ1) is 7.85. The van der Waals surface area contributed by atoms with Crippen LogP contribution >= 0.6 is 0 Å². The summed E-state index contributed by atoms with van der Waals surface area (Å²) >= 11 is 0. The zero-order chi connectivity index (χ0) is 13.1. The van der Waals surface area contributed by atoms with Gasteiger partial charge in [0, 0.05) is 19.1 Å². The van der Waals surface area contributed by atoms with E-state index in [4.69, 9.17) is 10.5 Å². The predicted octanol–water partition coefficient (Wildman–Crippen LogP) is 1.39. The number of amides is 1. The maximum atomic E-state index is 12.1. The van der Waals surface area contributed by atoms with E-state index in [0.717, 1.165) is 19.4 Å². The molecule has 0 bridgehead atoms. The maximum absolute atomic E-state index is 12.1. The molecule has 1 rings (SSSR count). The molecule has 1 heterocycles. The van der Waals surface area contributed by atoms with Crippen molar-refractivity contribution in [3.05, 3.63) is 0 Å². The van der Waals surface area contributed by atoms with Crippen LogP contribution in [0.3, 0.4) is 0 Å². The van der Waals surface area contributed by atoms with E-state index in [1.165, 1.54) is 0 Å². The van der Waals surface area contributed by atoms with E-state index in [9.17, 15) is 4.79 Å². The van der Waals surface area contributed by atoms with E-state index in [1.54, 1.807) is 0 Å². The molecule has 0 radical (unpaired) electrons. The number of hydrogen-bond donors (Lipinski definition) is 1. The summed E-state index contributed by atoms with van der Waals surface area (Å²) in [5.74, 6) is 0.564. The molecule has 4 nitrogen and oxygen atoms in total. The Hall–Kier alpha value is -0.610. The molecule has 1 amide bonds. The van der Waals surface area contributed by atoms with Crippen LogP contribution in [-0.4, -0.2) is 42.1 Å². The zero-order valence-electron chi connectivity index (χ0n) is 11.5. The summed E-state index contributed by atoms with van der Waals surface area (Å²) in [6.45, 7) is 9.56. The van der Waals surface area contributed by atoms with Crippen LogP contribution in [0.1, 0.15) is 40.5 Å². The van der Waals surface area contributed by atoms with Crippen LogP contribution < -0.4 is 5.73 Å². The van der Waals surface area contributed by atoms with Crippen molar-refractivity contribution >= 4 is 5.91 Å². The molecule has 0 aromatic carbocycles. The molecule has 0 spiro atoms. The number of piperidine rings is 1. The van der Waals surface area contributed by atoms with Crippen LogP contribution in [0.4, 0.5) is 0 Å². The van der Waals surface area contributed by atoms with E-state index in [2.05, 4.69) is 6.92 Å². The lowest BCUT2D eigenvalue weighted by molar-refractivity contribution is -0.145. The first-order valence-corrected chi connectivity index (χ1v) is 6.48. The van der Waals surface area contributed by atoms with Gasteiger partial charge in [-0.1, -0.05) is 6.92 Å². The molecular weight excluding hydrogens is 216 g/mol. The fourth-order valence-corrected chi connectivity index (χ4v) is 2.28. The smallest absolute Gasteiger partial charge is 0.248 e. The highest BCUT2D eigenvalue weighted by Crippen LogP contribution is 2.23. The number of ether oxygens (including phenoxy) is 1. The largest absolute Gasteiger partial charge is 0.366 e. The molecule has 17 heavy (non-hydrogen) atoms. The van der Waals surface area contributed by atoms with E-state index in [-0.39, 0.29) is 24.2 Å². The van der Waals surface area contributed by atoms with E-state index >= 15 is 0 Å². The number of likely N-dealkylation sites (tertiary alicyclic amines) is 1. The number of hydrogen-bond acceptors (Lipinski definition) is 3. The highest BCUT2D eigenvalue weighted by Gasteiger charge is 2.31. The van der Waals surface area contributed by atoms with Gasteiger partial charge in [-0.25, -0.2) is 0 Å². The molecule has 0 saturated carbocycles. The van der Waals surface area contributed by atoms with Crippen molar-refractivity contribution in [2.24, 2.45) is 11.7 Å². The molecule has 0 aliphatic carbocycles. The topological polar surface area (TPSA) is 55.6 Å². The van der Waals surface area contributed by atoms with Gasteiger partial charge >= 0.3 is 0 Å². The Balaban J connectivity index is 2.54. The Morgan fingerprint density at radius 3 is 2.65 bits per heavy atom. The maximum Gasteiger partial charge on any atom is 0.248 e. The second kappa shape index (κ2) is 5.83. The van der Waals surface area contributed by atoms with Gasteiger partial charge in [-0.2, -0.15) is 0 Å². The summed E-state index contributed by atoms with van der Waals surface area (Å²) in [5, 5.41) is 0. The average molecular weight is 242 g/mol. The Bertz CT molecular complexity index is 261. The van der Waals surface area contributed by atoms with Gasteiger partial charge in [0.25, 0.3) is 0 Å². The van der Waals surface area contributed by atoms with Gasteiger partial charge in [0.1, 0.15) is 6.61 Å². The molecule has 0 aromatic heterocycles. The molecule has 2 atom stereocenters. The molecular formula is C13H26N2O2. The molecule has 1 aliphatic heterocycles. The van der Waals surface area contributed by atoms with Gasteiger partial charge in [-0.05, 0) is 39.5 Å². The summed E-state index contributed by atoms with van der Waals surface area (Å²) in [6.07, 6.45) is 2.23. The second-order valence-corrected chi connectivity index (χ2v) is 5.91. The van der Waals surface area contributed by atoms with Crippen molar-refractivity contribution < 1.29 is 9.53 Å². The number of nitrogens with two attached hydrogens (primary N) is 1. The van der Waals surface area contributed by atoms with E-state index < -0.39 is 0 Å². The highest BCUT2D eigenvalue weighted by molar-refractivity contribution is 5.78. The predicted molar refractivity (Wildman–Crippen MR) is 68.7 cm³/mol. The quantitative estimate of drug-likeness (QED) is 0.813. The molecule has 0 aromatic rings. The minimum absolute atomic E-state index is 0.0712. The van der Waals surface area contributed by atoms with Gasteiger partial charge in [0.2, 0.25) is 5.91 Å². The highest BCUT2D eigenvalue weighted by atomic mass is 16.5. The van der Waals surface area contributed by atoms with Crippen molar-refractivity contribution in [1.29, 1.82) is 0 Å². The number of carbonyl (C=O) groups excluding carboxylic acids is 1. The van der Waals surface area contributed by atoms with Gasteiger partial charge in [-0.15, -0.1) is 0 Å². The minimum atomic E-state index is -0.269. The molecule has 1 fully saturated rings. The van der Waals surface area contributed by atoms with Crippen molar-refractivity contribution in [2.45, 2.75) is 52.2 Å². The zero-order valence-corrected chi connectivity index (χ0v) is 11.5. The van der Waals surface area contributed by atoms with Crippen LogP contribution in [0.2, 0.25) is 0 Å². The monoisotopic (exact) mass is 242 g/mol. The summed E-state index contributed by atoms with van der Waals surface area (Å²) in [4.78, 5) is 14.0. The third kappa shape index (κ3) is 4.28. The first-order valence-electron chi connectivity index (χ1n) is 6.48. The molecule has 2 unspecified atom stereocenters. The molecule has 1 aliphatic rings. The molecule has 100 valence electrons. The first kappa shape index (κ1) is 14.5. The Morgan fingerprint density at radius 1 is 1.47 bits per heavy atom. The number of nitrogens with zero attached hydrogens (tertiary/aromatic N) is 1. The fraction of sp³-hybridized carbons (Fsp3) is 0.923. The van der Waals surface area contributed by atoms with Crippen LogP contribution in [-0.2, 0) is 9.53 Å². The standard InChI is InChI=1S/C13H26N2O2/c1-10-6-5-7-15(11(10)8-14)12(16)9-17-13(2,3)4/h10-11H,5-9,14H2,1-4H3. The van der Waals surface area contributed by atoms with Crippen LogP contribution in [0.5, 0.6) is 0 Å². The number of carbonyl (C=O) groups is 1. The van der Waals surface area contributed by atoms with E-state index in [1.807, 2.05) is 25.7 Å². The number of rotatable bonds is 3. The summed E-state index contributed by atoms with van der Waals surface area (Å²) in [7, 11) is 0. The molecule has 2 N–H and O–H groups in total. The van der Waals surface area contributed by atoms with Crippen molar-refractivity contribution in [3.63, 3.8) is 0 Å². The average Bonchev–Trinajstić information content (AvgIpc) is 2.24. The normalized spacial score (nSPS) is 26.1. The lowest BCUT2D eigenvalue weighted by Gasteiger charge is -2.39. The fourth-order valence-electron chi connectivity index (χ4n) is 2.28. The van der Waals surface area contributed by atoms with Crippen LogP contribution in [0.15, 0.2) is 0 Å². The molecule has 1 saturated heterocycles. The Labute approximate surface area is 104 Å². The van der Waals surface area contributed by atoms with Crippen LogP contribution in [0.25, 0.3) is 0 Å². The third-order valence-electron chi connectivity index (χ3n) is 3.31. The SMILES string of the molecule is CC1CCCN(C(=O)COC(C)(C)C)C1CN. The van der Waals surface area contributed by atoms with Crippen molar-refractivity contribution in [3.8, 4) is 0 Å². The van der Waals surface area contributed by atoms with Crippen LogP contribution in [0, 0.1) is 5.92 Å². The minimum Gasteiger partial charge on any atom is -0.366 e. The van der Waals surface area contributed by atoms with Gasteiger partial charge < -0.3 is 15.4 Å². The third-order valence-corrected chi connectivity index (χ3v) is 3.31. The van der Waals surface area contributed by atoms with Crippen molar-refractivity contribution in [2.75, 3.05) is 19.7 Å². The van der Waals surface area contributed by atoms with E-state index in [0.29, 0.717) is 12.5 Å². The second-order valence-electron chi connectivity index (χ2n) is 5.91. The summed E-state index contributed by atoms with van der Waals surface area (Å²) in [5.41, 5.74) is 5.50. The van der Waals surface area contributed by atoms with Gasteiger partial charge in [-0.3, -0.25) is 4.79 Å². The van der Waals surface area contributed by atoms with Gasteiger partial charge in [0.05, 0.1) is 5.60 Å². The lowest BCUT2D eigenvalue weighted by atomic mass is 9.91. The Kier molecular flexibility index (Phi) is 4.95. The molecule has 4 heteroatoms.